The van der Waals surface area contributed by atoms with Crippen LogP contribution in [0.25, 0.3) is 6.08 Å². The molecule has 0 spiro atoms. The highest BCUT2D eigenvalue weighted by atomic mass is 16.5. The molecule has 0 aromatic carbocycles. The number of pyridine rings is 1. The molecule has 21 heavy (non-hydrogen) atoms. The fraction of sp³-hybridized carbons (Fsp3) is 0.176. The van der Waals surface area contributed by atoms with Gasteiger partial charge in [-0.1, -0.05) is 25.3 Å². The minimum Gasteiger partial charge on any atom is -0.486 e. The van der Waals surface area contributed by atoms with Crippen LogP contribution in [0.1, 0.15) is 5.56 Å². The molecule has 110 valence electrons. The summed E-state index contributed by atoms with van der Waals surface area (Å²) in [6.07, 6.45) is 13.8. The SMILES string of the molecule is C=CC(/C=C\OCN(C)C[n+]1ccc(C=C)cc1)=C/C=N. The Morgan fingerprint density at radius 1 is 1.38 bits per heavy atom. The van der Waals surface area contributed by atoms with Gasteiger partial charge in [0.1, 0.15) is 6.73 Å². The van der Waals surface area contributed by atoms with E-state index >= 15 is 0 Å². The van der Waals surface area contributed by atoms with E-state index in [2.05, 4.69) is 17.7 Å². The first-order valence-electron chi connectivity index (χ1n) is 6.61. The summed E-state index contributed by atoms with van der Waals surface area (Å²) in [6.45, 7) is 8.60. The molecule has 1 aromatic heterocycles. The smallest absolute Gasteiger partial charge is 0.206 e. The molecular formula is C17H22N3O+. The van der Waals surface area contributed by atoms with E-state index in [1.54, 1.807) is 24.5 Å². The first-order chi connectivity index (χ1) is 10.2. The molecule has 0 bridgehead atoms. The summed E-state index contributed by atoms with van der Waals surface area (Å²) in [6, 6.07) is 4.03. The van der Waals surface area contributed by atoms with Crippen molar-refractivity contribution in [2.75, 3.05) is 13.8 Å². The Balaban J connectivity index is 2.39. The second-order valence-electron chi connectivity index (χ2n) is 4.48. The van der Waals surface area contributed by atoms with Crippen molar-refractivity contribution in [2.24, 2.45) is 0 Å². The highest BCUT2D eigenvalue weighted by Crippen LogP contribution is 1.98. The number of rotatable bonds is 9. The van der Waals surface area contributed by atoms with Crippen LogP contribution < -0.4 is 4.57 Å². The number of aromatic nitrogens is 1. The highest BCUT2D eigenvalue weighted by molar-refractivity contribution is 5.70. The van der Waals surface area contributed by atoms with Gasteiger partial charge in [0.25, 0.3) is 0 Å². The van der Waals surface area contributed by atoms with Crippen molar-refractivity contribution in [3.05, 3.63) is 73.3 Å². The molecule has 0 amide bonds. The maximum atomic E-state index is 7.00. The van der Waals surface area contributed by atoms with Crippen molar-refractivity contribution in [1.29, 1.82) is 5.41 Å². The summed E-state index contributed by atoms with van der Waals surface area (Å²) in [5, 5.41) is 7.00. The third-order valence-corrected chi connectivity index (χ3v) is 2.72. The molecule has 0 aliphatic heterocycles. The monoisotopic (exact) mass is 284 g/mol. The zero-order valence-electron chi connectivity index (χ0n) is 12.4. The quantitative estimate of drug-likeness (QED) is 0.249. The number of ether oxygens (including phenoxy) is 1. The van der Waals surface area contributed by atoms with Gasteiger partial charge in [-0.3, -0.25) is 0 Å². The number of nitrogens with one attached hydrogen (secondary N) is 1. The molecule has 0 aliphatic rings. The summed E-state index contributed by atoms with van der Waals surface area (Å²) < 4.78 is 7.50. The third-order valence-electron chi connectivity index (χ3n) is 2.72. The molecule has 1 heterocycles. The van der Waals surface area contributed by atoms with Crippen molar-refractivity contribution in [3.63, 3.8) is 0 Å². The summed E-state index contributed by atoms with van der Waals surface area (Å²) in [5.41, 5.74) is 1.94. The highest BCUT2D eigenvalue weighted by Gasteiger charge is 2.04. The van der Waals surface area contributed by atoms with Gasteiger partial charge in [0.15, 0.2) is 12.4 Å². The van der Waals surface area contributed by atoms with Crippen LogP contribution in [-0.2, 0) is 11.4 Å². The van der Waals surface area contributed by atoms with Crippen molar-refractivity contribution < 1.29 is 9.30 Å². The topological polar surface area (TPSA) is 40.2 Å². The average Bonchev–Trinajstić information content (AvgIpc) is 2.51. The zero-order chi connectivity index (χ0) is 15.5. The molecule has 1 aromatic rings. The maximum Gasteiger partial charge on any atom is 0.206 e. The molecule has 0 aliphatic carbocycles. The fourth-order valence-electron chi connectivity index (χ4n) is 1.60. The van der Waals surface area contributed by atoms with Crippen LogP contribution in [0, 0.1) is 5.41 Å². The predicted molar refractivity (Wildman–Crippen MR) is 86.6 cm³/mol. The van der Waals surface area contributed by atoms with Crippen LogP contribution in [0.5, 0.6) is 0 Å². The van der Waals surface area contributed by atoms with Crippen LogP contribution in [0.4, 0.5) is 0 Å². The van der Waals surface area contributed by atoms with E-state index in [-0.39, 0.29) is 0 Å². The minimum absolute atomic E-state index is 0.474. The lowest BCUT2D eigenvalue weighted by Crippen LogP contribution is -2.42. The number of allylic oxidation sites excluding steroid dienone is 4. The Labute approximate surface area is 126 Å². The molecule has 0 atom stereocenters. The average molecular weight is 284 g/mol. The van der Waals surface area contributed by atoms with Gasteiger partial charge in [-0.05, 0) is 30.3 Å². The molecule has 0 fully saturated rings. The fourth-order valence-corrected chi connectivity index (χ4v) is 1.60. The Bertz CT molecular complexity index is 529. The Morgan fingerprint density at radius 3 is 2.67 bits per heavy atom. The van der Waals surface area contributed by atoms with Crippen molar-refractivity contribution in [2.45, 2.75) is 6.67 Å². The largest absolute Gasteiger partial charge is 0.486 e. The van der Waals surface area contributed by atoms with E-state index in [0.29, 0.717) is 6.73 Å². The molecule has 0 saturated carbocycles. The van der Waals surface area contributed by atoms with Crippen molar-refractivity contribution >= 4 is 12.3 Å². The van der Waals surface area contributed by atoms with Crippen molar-refractivity contribution in [1.82, 2.24) is 4.90 Å². The lowest BCUT2D eigenvalue weighted by atomic mass is 10.2. The standard InChI is InChI=1S/C17H22N3O/c1-4-16(6-10-18)9-13-21-15-19(3)14-20-11-7-17(5-2)8-12-20/h4-13,18H,1-2,14-15H2,3H3/q+1/b13-9-,16-6-,18-10?. The lowest BCUT2D eigenvalue weighted by molar-refractivity contribution is -0.715. The van der Waals surface area contributed by atoms with E-state index in [0.717, 1.165) is 17.8 Å². The molecular weight excluding hydrogens is 262 g/mol. The van der Waals surface area contributed by atoms with E-state index < -0.39 is 0 Å². The van der Waals surface area contributed by atoms with E-state index in [1.807, 2.05) is 42.6 Å². The van der Waals surface area contributed by atoms with Gasteiger partial charge in [0.05, 0.1) is 6.26 Å². The molecule has 4 nitrogen and oxygen atoms in total. The molecule has 0 radical (unpaired) electrons. The summed E-state index contributed by atoms with van der Waals surface area (Å²) >= 11 is 0. The summed E-state index contributed by atoms with van der Waals surface area (Å²) in [4.78, 5) is 2.03. The molecule has 1 rings (SSSR count). The number of hydrogen-bond acceptors (Lipinski definition) is 3. The first-order valence-corrected chi connectivity index (χ1v) is 6.61. The molecule has 4 heteroatoms. The van der Waals surface area contributed by atoms with Crippen LogP contribution in [-0.4, -0.2) is 24.9 Å². The molecule has 0 saturated heterocycles. The van der Waals surface area contributed by atoms with E-state index in [1.165, 1.54) is 6.21 Å². The van der Waals surface area contributed by atoms with Gasteiger partial charge in [-0.2, -0.15) is 4.57 Å². The van der Waals surface area contributed by atoms with Crippen LogP contribution in [0.15, 0.2) is 67.7 Å². The van der Waals surface area contributed by atoms with Crippen LogP contribution >= 0.6 is 0 Å². The number of hydrogen-bond donors (Lipinski definition) is 1. The minimum atomic E-state index is 0.474. The second-order valence-corrected chi connectivity index (χ2v) is 4.48. The maximum absolute atomic E-state index is 7.00. The summed E-state index contributed by atoms with van der Waals surface area (Å²) in [7, 11) is 1.98. The van der Waals surface area contributed by atoms with Crippen LogP contribution in [0.3, 0.4) is 0 Å². The molecule has 1 N–H and O–H groups in total. The predicted octanol–water partition coefficient (Wildman–Crippen LogP) is 2.76. The Hall–Kier alpha value is -2.46. The first kappa shape index (κ1) is 16.6. The number of nitrogens with zero attached hydrogens (tertiary/aromatic N) is 2. The normalized spacial score (nSPS) is 11.6. The van der Waals surface area contributed by atoms with E-state index in [9.17, 15) is 0 Å². The van der Waals surface area contributed by atoms with Gasteiger partial charge >= 0.3 is 0 Å². The van der Waals surface area contributed by atoms with Gasteiger partial charge < -0.3 is 10.1 Å². The van der Waals surface area contributed by atoms with Gasteiger partial charge in [-0.25, -0.2) is 4.90 Å². The Morgan fingerprint density at radius 2 is 2.10 bits per heavy atom. The van der Waals surface area contributed by atoms with E-state index in [4.69, 9.17) is 10.1 Å². The third kappa shape index (κ3) is 6.49. The molecule has 0 unspecified atom stereocenters. The van der Waals surface area contributed by atoms with Gasteiger partial charge in [0.2, 0.25) is 6.67 Å². The Kier molecular flexibility index (Phi) is 7.46. The summed E-state index contributed by atoms with van der Waals surface area (Å²) in [5.74, 6) is 0. The van der Waals surface area contributed by atoms with Crippen LogP contribution in [0.2, 0.25) is 0 Å². The van der Waals surface area contributed by atoms with Crippen molar-refractivity contribution in [3.8, 4) is 0 Å². The lowest BCUT2D eigenvalue weighted by Gasteiger charge is -2.12. The zero-order valence-corrected chi connectivity index (χ0v) is 12.4. The van der Waals surface area contributed by atoms with Gasteiger partial charge in [-0.15, -0.1) is 0 Å². The second kappa shape index (κ2) is 9.44. The van der Waals surface area contributed by atoms with Gasteiger partial charge in [0, 0.05) is 18.3 Å².